The lowest BCUT2D eigenvalue weighted by molar-refractivity contribution is 0.165. The first kappa shape index (κ1) is 14.5. The molecule has 1 aliphatic rings. The molecule has 0 aliphatic heterocycles. The summed E-state index contributed by atoms with van der Waals surface area (Å²) in [6.45, 7) is 11.5. The van der Waals surface area contributed by atoms with Crippen molar-refractivity contribution >= 4 is 17.3 Å². The Balaban J connectivity index is 2.28. The second-order valence-corrected chi connectivity index (χ2v) is 6.47. The molecule has 1 aliphatic carbocycles. The smallest absolute Gasteiger partial charge is 0.166 e. The minimum Gasteiger partial charge on any atom is -0.360 e. The van der Waals surface area contributed by atoms with Gasteiger partial charge in [-0.1, -0.05) is 26.8 Å². The highest BCUT2D eigenvalue weighted by Gasteiger charge is 2.29. The van der Waals surface area contributed by atoms with E-state index in [0.29, 0.717) is 11.5 Å². The fraction of sp³-hybridized carbons (Fsp3) is 0.786. The average molecular weight is 254 g/mol. The molecule has 0 radical (unpaired) electrons. The first-order chi connectivity index (χ1) is 7.93. The molecule has 0 aromatic carbocycles. The summed E-state index contributed by atoms with van der Waals surface area (Å²) in [7, 11) is 0. The van der Waals surface area contributed by atoms with Crippen molar-refractivity contribution in [3.63, 3.8) is 0 Å². The third-order valence-corrected chi connectivity index (χ3v) is 3.96. The van der Waals surface area contributed by atoms with Gasteiger partial charge in [0.2, 0.25) is 0 Å². The number of hydrogen-bond acceptors (Lipinski definition) is 1. The Morgan fingerprint density at radius 3 is 2.35 bits per heavy atom. The Bertz CT molecular complexity index is 260. The molecule has 1 saturated carbocycles. The lowest BCUT2D eigenvalue weighted by Crippen LogP contribution is -2.44. The predicted molar refractivity (Wildman–Crippen MR) is 79.1 cm³/mol. The van der Waals surface area contributed by atoms with E-state index in [1.807, 2.05) is 6.08 Å². The normalized spacial score (nSPS) is 25.1. The van der Waals surface area contributed by atoms with Crippen molar-refractivity contribution in [2.75, 3.05) is 6.54 Å². The van der Waals surface area contributed by atoms with Crippen LogP contribution in [0.2, 0.25) is 0 Å². The maximum atomic E-state index is 5.23. The topological polar surface area (TPSA) is 24.1 Å². The zero-order valence-corrected chi connectivity index (χ0v) is 12.2. The minimum absolute atomic E-state index is 0.451. The van der Waals surface area contributed by atoms with Crippen LogP contribution in [-0.4, -0.2) is 17.7 Å². The molecule has 0 atom stereocenters. The molecule has 2 N–H and O–H groups in total. The van der Waals surface area contributed by atoms with Crippen molar-refractivity contribution in [3.05, 3.63) is 12.7 Å². The maximum Gasteiger partial charge on any atom is 0.166 e. The molecule has 0 unspecified atom stereocenters. The third kappa shape index (κ3) is 5.07. The van der Waals surface area contributed by atoms with E-state index in [-0.39, 0.29) is 0 Å². The van der Waals surface area contributed by atoms with Crippen LogP contribution in [0, 0.1) is 11.3 Å². The van der Waals surface area contributed by atoms with Crippen LogP contribution in [0.25, 0.3) is 0 Å². The van der Waals surface area contributed by atoms with Gasteiger partial charge in [-0.25, -0.2) is 0 Å². The van der Waals surface area contributed by atoms with Gasteiger partial charge in [0.15, 0.2) is 5.11 Å². The van der Waals surface area contributed by atoms with Crippen LogP contribution in [0.5, 0.6) is 0 Å². The summed E-state index contributed by atoms with van der Waals surface area (Å²) in [6, 6.07) is 0.554. The van der Waals surface area contributed by atoms with Gasteiger partial charge >= 0.3 is 0 Å². The van der Waals surface area contributed by atoms with Gasteiger partial charge in [-0.3, -0.25) is 0 Å². The van der Waals surface area contributed by atoms with E-state index in [0.717, 1.165) is 17.6 Å². The van der Waals surface area contributed by atoms with Crippen LogP contribution >= 0.6 is 12.2 Å². The van der Waals surface area contributed by atoms with E-state index in [2.05, 4.69) is 38.0 Å². The molecule has 2 nitrogen and oxygen atoms in total. The van der Waals surface area contributed by atoms with Crippen molar-refractivity contribution in [3.8, 4) is 0 Å². The van der Waals surface area contributed by atoms with Gasteiger partial charge in [-0.2, -0.15) is 0 Å². The molecule has 98 valence electrons. The van der Waals surface area contributed by atoms with Crippen LogP contribution in [0.3, 0.4) is 0 Å². The molecule has 17 heavy (non-hydrogen) atoms. The zero-order chi connectivity index (χ0) is 12.9. The van der Waals surface area contributed by atoms with Crippen molar-refractivity contribution in [2.45, 2.75) is 52.5 Å². The number of thiocarbonyl (C=S) groups is 1. The summed E-state index contributed by atoms with van der Waals surface area (Å²) < 4.78 is 0. The monoisotopic (exact) mass is 254 g/mol. The Kier molecular flexibility index (Phi) is 5.44. The minimum atomic E-state index is 0.451. The molecule has 0 spiro atoms. The number of nitrogens with one attached hydrogen (secondary N) is 2. The van der Waals surface area contributed by atoms with Gasteiger partial charge in [-0.05, 0) is 49.2 Å². The summed E-state index contributed by atoms with van der Waals surface area (Å²) in [6.07, 6.45) is 6.91. The Morgan fingerprint density at radius 1 is 1.29 bits per heavy atom. The Hall–Kier alpha value is -0.570. The second kappa shape index (κ2) is 6.39. The molecule has 0 amide bonds. The van der Waals surface area contributed by atoms with Gasteiger partial charge in [0, 0.05) is 12.6 Å². The van der Waals surface area contributed by atoms with Gasteiger partial charge in [-0.15, -0.1) is 6.58 Å². The zero-order valence-electron chi connectivity index (χ0n) is 11.4. The second-order valence-electron chi connectivity index (χ2n) is 6.06. The van der Waals surface area contributed by atoms with Crippen LogP contribution < -0.4 is 10.6 Å². The average Bonchev–Trinajstić information content (AvgIpc) is 2.26. The molecule has 1 rings (SSSR count). The summed E-state index contributed by atoms with van der Waals surface area (Å²) in [5.74, 6) is 0.857. The third-order valence-electron chi connectivity index (χ3n) is 3.69. The van der Waals surface area contributed by atoms with Crippen molar-refractivity contribution in [1.82, 2.24) is 10.6 Å². The van der Waals surface area contributed by atoms with Gasteiger partial charge in [0.05, 0.1) is 0 Å². The lowest BCUT2D eigenvalue weighted by Gasteiger charge is -2.37. The van der Waals surface area contributed by atoms with E-state index in [1.165, 1.54) is 25.7 Å². The van der Waals surface area contributed by atoms with E-state index < -0.39 is 0 Å². The fourth-order valence-electron chi connectivity index (χ4n) is 2.51. The van der Waals surface area contributed by atoms with Gasteiger partial charge < -0.3 is 10.6 Å². The van der Waals surface area contributed by atoms with Gasteiger partial charge in [0.25, 0.3) is 0 Å². The predicted octanol–water partition coefficient (Wildman–Crippen LogP) is 3.24. The molecule has 0 bridgehead atoms. The highest BCUT2D eigenvalue weighted by Crippen LogP contribution is 2.37. The molecule has 1 fully saturated rings. The SMILES string of the molecule is C=CCNC(=S)NC1CCC(C(C)(C)C)CC1. The van der Waals surface area contributed by atoms with Crippen LogP contribution in [0.1, 0.15) is 46.5 Å². The quantitative estimate of drug-likeness (QED) is 0.597. The van der Waals surface area contributed by atoms with E-state index >= 15 is 0 Å². The Morgan fingerprint density at radius 2 is 1.88 bits per heavy atom. The number of hydrogen-bond donors (Lipinski definition) is 2. The van der Waals surface area contributed by atoms with E-state index in [1.54, 1.807) is 0 Å². The molecule has 0 saturated heterocycles. The van der Waals surface area contributed by atoms with E-state index in [4.69, 9.17) is 12.2 Å². The molecular formula is C14H26N2S. The fourth-order valence-corrected chi connectivity index (χ4v) is 2.76. The molecule has 0 aromatic heterocycles. The first-order valence-corrected chi connectivity index (χ1v) is 6.99. The Labute approximate surface area is 111 Å². The molecular weight excluding hydrogens is 228 g/mol. The summed E-state index contributed by atoms with van der Waals surface area (Å²) in [5.41, 5.74) is 0.451. The summed E-state index contributed by atoms with van der Waals surface area (Å²) >= 11 is 5.23. The molecule has 3 heteroatoms. The van der Waals surface area contributed by atoms with Crippen LogP contribution in [0.15, 0.2) is 12.7 Å². The number of rotatable bonds is 3. The summed E-state index contributed by atoms with van der Waals surface area (Å²) in [4.78, 5) is 0. The standard InChI is InChI=1S/C14H26N2S/c1-5-10-15-13(17)16-12-8-6-11(7-9-12)14(2,3)4/h5,11-12H,1,6-10H2,2-4H3,(H2,15,16,17). The van der Waals surface area contributed by atoms with Crippen LogP contribution in [0.4, 0.5) is 0 Å². The largest absolute Gasteiger partial charge is 0.360 e. The maximum absolute atomic E-state index is 5.23. The van der Waals surface area contributed by atoms with Crippen molar-refractivity contribution < 1.29 is 0 Å². The summed E-state index contributed by atoms with van der Waals surface area (Å²) in [5, 5.41) is 7.29. The highest BCUT2D eigenvalue weighted by molar-refractivity contribution is 7.80. The van der Waals surface area contributed by atoms with Gasteiger partial charge in [0.1, 0.15) is 0 Å². The van der Waals surface area contributed by atoms with Crippen LogP contribution in [-0.2, 0) is 0 Å². The molecule has 0 aromatic rings. The molecule has 0 heterocycles. The van der Waals surface area contributed by atoms with Crippen molar-refractivity contribution in [2.24, 2.45) is 11.3 Å². The lowest BCUT2D eigenvalue weighted by atomic mass is 9.71. The van der Waals surface area contributed by atoms with E-state index in [9.17, 15) is 0 Å². The van der Waals surface area contributed by atoms with Crippen molar-refractivity contribution in [1.29, 1.82) is 0 Å². The highest BCUT2D eigenvalue weighted by atomic mass is 32.1. The first-order valence-electron chi connectivity index (χ1n) is 6.58.